The van der Waals surface area contributed by atoms with Crippen LogP contribution in [0, 0.1) is 0 Å². The number of hydrogen-bond acceptors (Lipinski definition) is 4. The Hall–Kier alpha value is -7.34. The Morgan fingerprint density at radius 3 is 1.79 bits per heavy atom. The standard InChI is InChI=1S/C56H40N2O2Si/c1-55(39-17-5-3-6-18-39)43-30-32-50-54(60-48-23-11-12-24-49(48)61(50,2)40-19-7-4-8-20-40)53(43)41-29-27-37(35-44(41)55)38-28-31-47-45(36-38)56(51-25-13-15-33-57-51,52-26-14-16-34-58-52)42-21-9-10-22-46(42)59-47/h3-36H,1-2H3. The molecule has 4 heterocycles. The maximum atomic E-state index is 7.15. The number of ether oxygens (including phenoxy) is 2. The summed E-state index contributed by atoms with van der Waals surface area (Å²) in [5, 5.41) is 3.98. The highest BCUT2D eigenvalue weighted by molar-refractivity contribution is 7.11. The molecule has 9 aromatic rings. The van der Waals surface area contributed by atoms with Gasteiger partial charge in [0.1, 0.15) is 28.4 Å². The SMILES string of the molecule is CC1(c2ccccc2)c2cc(-c3ccc4c(c3)C(c3ccccn3)(c3ccccn3)c3ccccc3O4)ccc2-c2c1ccc1c2Oc2ccccc2[Si]1(C)c1ccccc1. The summed E-state index contributed by atoms with van der Waals surface area (Å²) in [5.41, 5.74) is 10.9. The molecule has 1 aliphatic carbocycles. The Balaban J connectivity index is 1.09. The summed E-state index contributed by atoms with van der Waals surface area (Å²) in [6.45, 7) is 4.87. The molecule has 0 amide bonds. The van der Waals surface area contributed by atoms with Gasteiger partial charge in [-0.1, -0.05) is 146 Å². The van der Waals surface area contributed by atoms with Crippen LogP contribution in [-0.4, -0.2) is 18.0 Å². The van der Waals surface area contributed by atoms with E-state index in [1.54, 1.807) is 0 Å². The van der Waals surface area contributed by atoms with E-state index in [0.717, 1.165) is 56.6 Å². The summed E-state index contributed by atoms with van der Waals surface area (Å²) in [7, 11) is -2.46. The number of pyridine rings is 2. The third-order valence-corrected chi connectivity index (χ3v) is 18.2. The minimum absolute atomic E-state index is 0.454. The second-order valence-electron chi connectivity index (χ2n) is 16.7. The van der Waals surface area contributed by atoms with Gasteiger partial charge >= 0.3 is 0 Å². The molecule has 0 N–H and O–H groups in total. The van der Waals surface area contributed by atoms with E-state index in [4.69, 9.17) is 19.4 Å². The topological polar surface area (TPSA) is 44.2 Å². The van der Waals surface area contributed by atoms with Gasteiger partial charge in [0.2, 0.25) is 0 Å². The van der Waals surface area contributed by atoms with Crippen molar-refractivity contribution in [2.45, 2.75) is 24.3 Å². The van der Waals surface area contributed by atoms with Crippen molar-refractivity contribution in [3.05, 3.63) is 246 Å². The van der Waals surface area contributed by atoms with E-state index in [1.807, 2.05) is 36.7 Å². The molecular formula is C56H40N2O2Si. The lowest BCUT2D eigenvalue weighted by atomic mass is 9.67. The highest BCUT2D eigenvalue weighted by Gasteiger charge is 2.50. The molecular weight excluding hydrogens is 761 g/mol. The van der Waals surface area contributed by atoms with Gasteiger partial charge in [0.05, 0.1) is 11.4 Å². The molecule has 2 unspecified atom stereocenters. The first kappa shape index (κ1) is 35.6. The Morgan fingerprint density at radius 2 is 1.07 bits per heavy atom. The predicted molar refractivity (Wildman–Crippen MR) is 247 cm³/mol. The van der Waals surface area contributed by atoms with Crippen molar-refractivity contribution in [1.82, 2.24) is 9.97 Å². The van der Waals surface area contributed by atoms with Crippen LogP contribution in [0.2, 0.25) is 6.55 Å². The highest BCUT2D eigenvalue weighted by Crippen LogP contribution is 2.58. The molecule has 0 radical (unpaired) electrons. The third kappa shape index (κ3) is 4.92. The van der Waals surface area contributed by atoms with E-state index >= 15 is 0 Å². The van der Waals surface area contributed by atoms with Crippen LogP contribution >= 0.6 is 0 Å². The van der Waals surface area contributed by atoms with Crippen LogP contribution in [0.4, 0.5) is 0 Å². The lowest BCUT2D eigenvalue weighted by Gasteiger charge is -2.39. The number of para-hydroxylation sites is 2. The number of aromatic nitrogens is 2. The van der Waals surface area contributed by atoms with E-state index < -0.39 is 18.9 Å². The fraction of sp³-hybridized carbons (Fsp3) is 0.0714. The predicted octanol–water partition coefficient (Wildman–Crippen LogP) is 11.2. The summed E-state index contributed by atoms with van der Waals surface area (Å²) >= 11 is 0. The minimum Gasteiger partial charge on any atom is -0.457 e. The van der Waals surface area contributed by atoms with Gasteiger partial charge in [0.25, 0.3) is 0 Å². The van der Waals surface area contributed by atoms with Crippen LogP contribution < -0.4 is 25.0 Å². The summed E-state index contributed by atoms with van der Waals surface area (Å²) in [6.07, 6.45) is 3.74. The lowest BCUT2D eigenvalue weighted by molar-refractivity contribution is 0.430. The van der Waals surface area contributed by atoms with Crippen molar-refractivity contribution in [1.29, 1.82) is 0 Å². The molecule has 12 rings (SSSR count). The Bertz CT molecular complexity index is 3130. The smallest absolute Gasteiger partial charge is 0.155 e. The molecule has 0 spiro atoms. The van der Waals surface area contributed by atoms with E-state index in [9.17, 15) is 0 Å². The number of benzene rings is 7. The molecule has 0 bridgehead atoms. The van der Waals surface area contributed by atoms with Gasteiger partial charge in [-0.05, 0) is 110 Å². The molecule has 61 heavy (non-hydrogen) atoms. The van der Waals surface area contributed by atoms with Gasteiger partial charge in [0.15, 0.2) is 8.07 Å². The molecule has 5 heteroatoms. The molecule has 0 saturated heterocycles. The van der Waals surface area contributed by atoms with Gasteiger partial charge < -0.3 is 9.47 Å². The fourth-order valence-electron chi connectivity index (χ4n) is 10.7. The summed E-state index contributed by atoms with van der Waals surface area (Å²) in [5.74, 6) is 3.53. The molecule has 2 aliphatic heterocycles. The van der Waals surface area contributed by atoms with Crippen LogP contribution in [0.3, 0.4) is 0 Å². The van der Waals surface area contributed by atoms with Crippen molar-refractivity contribution in [3.63, 3.8) is 0 Å². The normalized spacial score (nSPS) is 18.5. The Morgan fingerprint density at radius 1 is 0.459 bits per heavy atom. The molecule has 290 valence electrons. The Labute approximate surface area is 356 Å². The summed E-state index contributed by atoms with van der Waals surface area (Å²) < 4.78 is 13.9. The van der Waals surface area contributed by atoms with Crippen molar-refractivity contribution in [2.24, 2.45) is 0 Å². The second-order valence-corrected chi connectivity index (χ2v) is 20.6. The van der Waals surface area contributed by atoms with Gasteiger partial charge in [0, 0.05) is 34.5 Å². The van der Waals surface area contributed by atoms with E-state index in [0.29, 0.717) is 0 Å². The zero-order valence-corrected chi connectivity index (χ0v) is 34.8. The average Bonchev–Trinajstić information content (AvgIpc) is 3.60. The number of nitrogens with zero attached hydrogens (tertiary/aromatic N) is 2. The van der Waals surface area contributed by atoms with Gasteiger partial charge in [-0.25, -0.2) is 0 Å². The van der Waals surface area contributed by atoms with Crippen molar-refractivity contribution >= 4 is 23.6 Å². The van der Waals surface area contributed by atoms with Crippen molar-refractivity contribution in [3.8, 4) is 45.3 Å². The van der Waals surface area contributed by atoms with Gasteiger partial charge in [-0.3, -0.25) is 9.97 Å². The average molecular weight is 801 g/mol. The number of fused-ring (bicyclic) bond motifs is 8. The van der Waals surface area contributed by atoms with Crippen LogP contribution in [0.1, 0.15) is 46.1 Å². The molecule has 4 nitrogen and oxygen atoms in total. The van der Waals surface area contributed by atoms with Crippen molar-refractivity contribution < 1.29 is 9.47 Å². The zero-order valence-electron chi connectivity index (χ0n) is 33.8. The van der Waals surface area contributed by atoms with Crippen LogP contribution in [0.15, 0.2) is 207 Å². The first-order valence-electron chi connectivity index (χ1n) is 21.0. The second kappa shape index (κ2) is 13.3. The molecule has 0 fully saturated rings. The van der Waals surface area contributed by atoms with Gasteiger partial charge in [-0.2, -0.15) is 0 Å². The molecule has 2 atom stereocenters. The van der Waals surface area contributed by atoms with Crippen LogP contribution in [0.5, 0.6) is 23.0 Å². The maximum Gasteiger partial charge on any atom is 0.155 e. The number of rotatable bonds is 5. The number of hydrogen-bond donors (Lipinski definition) is 0. The summed E-state index contributed by atoms with van der Waals surface area (Å²) in [6, 6.07) is 69.7. The Kier molecular flexibility index (Phi) is 7.78. The third-order valence-electron chi connectivity index (χ3n) is 13.7. The van der Waals surface area contributed by atoms with Gasteiger partial charge in [-0.15, -0.1) is 0 Å². The lowest BCUT2D eigenvalue weighted by Crippen LogP contribution is -2.66. The fourth-order valence-corrected chi connectivity index (χ4v) is 14.6. The first-order chi connectivity index (χ1) is 30.0. The molecule has 2 aromatic heterocycles. The maximum absolute atomic E-state index is 7.15. The van der Waals surface area contributed by atoms with E-state index in [1.165, 1.54) is 43.4 Å². The van der Waals surface area contributed by atoms with Crippen LogP contribution in [0.25, 0.3) is 22.3 Å². The largest absolute Gasteiger partial charge is 0.457 e. The highest BCUT2D eigenvalue weighted by atomic mass is 28.3. The minimum atomic E-state index is -2.46. The van der Waals surface area contributed by atoms with Crippen molar-refractivity contribution in [2.75, 3.05) is 0 Å². The summed E-state index contributed by atoms with van der Waals surface area (Å²) in [4.78, 5) is 10.1. The zero-order chi connectivity index (χ0) is 40.8. The van der Waals surface area contributed by atoms with E-state index in [-0.39, 0.29) is 0 Å². The molecule has 0 saturated carbocycles. The van der Waals surface area contributed by atoms with Crippen LogP contribution in [-0.2, 0) is 10.8 Å². The molecule has 7 aromatic carbocycles. The first-order valence-corrected chi connectivity index (χ1v) is 23.5. The van der Waals surface area contributed by atoms with E-state index in [2.05, 4.69) is 183 Å². The molecule has 3 aliphatic rings. The quantitative estimate of drug-likeness (QED) is 0.163. The monoisotopic (exact) mass is 800 g/mol.